The number of hydrogen-bond acceptors (Lipinski definition) is 3. The molecule has 232 valence electrons. The van der Waals surface area contributed by atoms with Crippen molar-refractivity contribution in [3.05, 3.63) is 186 Å². The van der Waals surface area contributed by atoms with Crippen LogP contribution in [0.25, 0.3) is 55.7 Å². The second-order valence-corrected chi connectivity index (χ2v) is 13.2. The lowest BCUT2D eigenvalue weighted by atomic mass is 9.70. The molecule has 3 nitrogen and oxygen atoms in total. The first-order chi connectivity index (χ1) is 24.1. The maximum Gasteiger partial charge on any atom is 0.159 e. The molecule has 2 aliphatic carbocycles. The fourth-order valence-corrected chi connectivity index (χ4v) is 8.54. The summed E-state index contributed by atoms with van der Waals surface area (Å²) in [5, 5.41) is 4.69. The molecule has 7 aromatic carbocycles. The van der Waals surface area contributed by atoms with E-state index >= 15 is 0 Å². The van der Waals surface area contributed by atoms with Crippen LogP contribution < -0.4 is 11.1 Å². The van der Waals surface area contributed by atoms with Crippen LogP contribution in [-0.4, -0.2) is 0 Å². The number of furan rings is 1. The van der Waals surface area contributed by atoms with Gasteiger partial charge in [0.05, 0.1) is 22.5 Å². The Morgan fingerprint density at radius 3 is 1.82 bits per heavy atom. The van der Waals surface area contributed by atoms with Crippen LogP contribution in [0.2, 0.25) is 0 Å². The van der Waals surface area contributed by atoms with Gasteiger partial charge in [-0.1, -0.05) is 133 Å². The number of anilines is 3. The van der Waals surface area contributed by atoms with Gasteiger partial charge in [-0.2, -0.15) is 0 Å². The third kappa shape index (κ3) is 3.78. The first kappa shape index (κ1) is 27.8. The summed E-state index contributed by atoms with van der Waals surface area (Å²) in [4.78, 5) is 0. The SMILES string of the molecule is Cc1ccccc1-c1oc2ccc(-c3cccc4c3-c3ccccc3C43c4ccccc4-c4ccccc43)cc2c1Nc1ccccc1N. The first-order valence-electron chi connectivity index (χ1n) is 16.8. The van der Waals surface area contributed by atoms with Gasteiger partial charge in [-0.05, 0) is 92.4 Å². The topological polar surface area (TPSA) is 51.2 Å². The van der Waals surface area contributed by atoms with E-state index in [2.05, 4.69) is 146 Å². The molecule has 2 aliphatic rings. The van der Waals surface area contributed by atoms with Crippen LogP contribution in [0.4, 0.5) is 17.1 Å². The Labute approximate surface area is 285 Å². The zero-order chi connectivity index (χ0) is 32.7. The number of para-hydroxylation sites is 2. The summed E-state index contributed by atoms with van der Waals surface area (Å²) in [6.45, 7) is 2.12. The van der Waals surface area contributed by atoms with E-state index < -0.39 is 0 Å². The average Bonchev–Trinajstić information content (AvgIpc) is 3.76. The van der Waals surface area contributed by atoms with Crippen LogP contribution >= 0.6 is 0 Å². The summed E-state index contributed by atoms with van der Waals surface area (Å²) < 4.78 is 6.67. The summed E-state index contributed by atoms with van der Waals surface area (Å²) in [7, 11) is 0. The van der Waals surface area contributed by atoms with Crippen molar-refractivity contribution in [3.63, 3.8) is 0 Å². The molecular formula is C46H32N2O. The molecule has 3 N–H and O–H groups in total. The molecule has 1 heterocycles. The second-order valence-electron chi connectivity index (χ2n) is 13.2. The molecule has 8 aromatic rings. The predicted molar refractivity (Wildman–Crippen MR) is 202 cm³/mol. The highest BCUT2D eigenvalue weighted by atomic mass is 16.3. The highest BCUT2D eigenvalue weighted by Gasteiger charge is 2.51. The fourth-order valence-electron chi connectivity index (χ4n) is 8.54. The molecule has 0 aliphatic heterocycles. The lowest BCUT2D eigenvalue weighted by molar-refractivity contribution is 0.632. The predicted octanol–water partition coefficient (Wildman–Crippen LogP) is 11.7. The van der Waals surface area contributed by atoms with Crippen molar-refractivity contribution in [3.8, 4) is 44.7 Å². The monoisotopic (exact) mass is 628 g/mol. The smallest absolute Gasteiger partial charge is 0.159 e. The number of hydrogen-bond donors (Lipinski definition) is 2. The van der Waals surface area contributed by atoms with Gasteiger partial charge in [0.25, 0.3) is 0 Å². The van der Waals surface area contributed by atoms with Crippen molar-refractivity contribution in [2.45, 2.75) is 12.3 Å². The Kier molecular flexibility index (Phi) is 5.86. The Hall–Kier alpha value is -6.32. The Bertz CT molecular complexity index is 2580. The van der Waals surface area contributed by atoms with Crippen LogP contribution in [0.1, 0.15) is 27.8 Å². The van der Waals surface area contributed by atoms with E-state index in [9.17, 15) is 0 Å². The van der Waals surface area contributed by atoms with Crippen LogP contribution in [0.15, 0.2) is 162 Å². The Balaban J connectivity index is 1.24. The zero-order valence-corrected chi connectivity index (χ0v) is 27.0. The molecule has 0 atom stereocenters. The van der Waals surface area contributed by atoms with Gasteiger partial charge in [-0.25, -0.2) is 0 Å². The molecular weight excluding hydrogens is 597 g/mol. The zero-order valence-electron chi connectivity index (χ0n) is 27.0. The average molecular weight is 629 g/mol. The Morgan fingerprint density at radius 1 is 0.531 bits per heavy atom. The molecule has 0 radical (unpaired) electrons. The molecule has 0 saturated carbocycles. The van der Waals surface area contributed by atoms with Crippen molar-refractivity contribution in [2.75, 3.05) is 11.1 Å². The minimum atomic E-state index is -0.385. The van der Waals surface area contributed by atoms with Crippen LogP contribution in [-0.2, 0) is 5.41 Å². The number of rotatable bonds is 4. The highest BCUT2D eigenvalue weighted by molar-refractivity contribution is 6.05. The first-order valence-corrected chi connectivity index (χ1v) is 16.8. The summed E-state index contributed by atoms with van der Waals surface area (Å²) >= 11 is 0. The largest absolute Gasteiger partial charge is 0.454 e. The molecule has 10 rings (SSSR count). The number of benzene rings is 7. The van der Waals surface area contributed by atoms with Gasteiger partial charge in [0.1, 0.15) is 5.58 Å². The van der Waals surface area contributed by atoms with Crippen molar-refractivity contribution in [1.29, 1.82) is 0 Å². The molecule has 0 unspecified atom stereocenters. The van der Waals surface area contributed by atoms with Gasteiger partial charge in [-0.15, -0.1) is 0 Å². The molecule has 0 saturated heterocycles. The molecule has 0 bridgehead atoms. The highest BCUT2D eigenvalue weighted by Crippen LogP contribution is 2.64. The van der Waals surface area contributed by atoms with Crippen LogP contribution in [0.3, 0.4) is 0 Å². The molecule has 0 amide bonds. The molecule has 0 fully saturated rings. The summed E-state index contributed by atoms with van der Waals surface area (Å²) in [6.07, 6.45) is 0. The molecule has 3 heteroatoms. The van der Waals surface area contributed by atoms with Crippen molar-refractivity contribution in [1.82, 2.24) is 0 Å². The van der Waals surface area contributed by atoms with E-state index in [4.69, 9.17) is 10.2 Å². The van der Waals surface area contributed by atoms with E-state index in [0.717, 1.165) is 44.8 Å². The lowest BCUT2D eigenvalue weighted by Crippen LogP contribution is -2.25. The van der Waals surface area contributed by atoms with Gasteiger partial charge < -0.3 is 15.5 Å². The van der Waals surface area contributed by atoms with Gasteiger partial charge in [0.2, 0.25) is 0 Å². The maximum absolute atomic E-state index is 6.67. The maximum atomic E-state index is 6.67. The van der Waals surface area contributed by atoms with Crippen molar-refractivity contribution >= 4 is 28.0 Å². The molecule has 1 spiro atoms. The normalized spacial score (nSPS) is 13.2. The molecule has 49 heavy (non-hydrogen) atoms. The van der Waals surface area contributed by atoms with E-state index in [1.165, 1.54) is 50.1 Å². The third-order valence-electron chi connectivity index (χ3n) is 10.6. The van der Waals surface area contributed by atoms with Gasteiger partial charge >= 0.3 is 0 Å². The van der Waals surface area contributed by atoms with Crippen molar-refractivity contribution in [2.24, 2.45) is 0 Å². The minimum Gasteiger partial charge on any atom is -0.454 e. The van der Waals surface area contributed by atoms with Gasteiger partial charge in [0, 0.05) is 10.9 Å². The van der Waals surface area contributed by atoms with E-state index in [1.54, 1.807) is 0 Å². The van der Waals surface area contributed by atoms with Gasteiger partial charge in [0.15, 0.2) is 5.76 Å². The van der Waals surface area contributed by atoms with Gasteiger partial charge in [-0.3, -0.25) is 0 Å². The number of nitrogens with one attached hydrogen (secondary N) is 1. The van der Waals surface area contributed by atoms with E-state index in [0.29, 0.717) is 5.69 Å². The number of nitrogen functional groups attached to an aromatic ring is 1. The number of nitrogens with two attached hydrogens (primary N) is 1. The summed E-state index contributed by atoms with van der Waals surface area (Å²) in [5.74, 6) is 0.801. The van der Waals surface area contributed by atoms with E-state index in [-0.39, 0.29) is 5.41 Å². The van der Waals surface area contributed by atoms with Crippen molar-refractivity contribution < 1.29 is 4.42 Å². The van der Waals surface area contributed by atoms with Crippen LogP contribution in [0.5, 0.6) is 0 Å². The van der Waals surface area contributed by atoms with E-state index in [1.807, 2.05) is 24.3 Å². The summed E-state index contributed by atoms with van der Waals surface area (Å²) in [5.41, 5.74) is 24.4. The number of aryl methyl sites for hydroxylation is 1. The second kappa shape index (κ2) is 10.3. The lowest BCUT2D eigenvalue weighted by Gasteiger charge is -2.30. The standard InChI is InChI=1S/C46H32N2O/c1-28-13-2-3-14-30(28)45-44(48-41-24-11-10-23-40(41)47)35-27-29(25-26-42(35)49-45)31-18-12-22-39-43(31)34-17-6-9-21-38(34)46(39)36-19-7-4-15-32(36)33-16-5-8-20-37(33)46/h2-27,48H,47H2,1H3. The van der Waals surface area contributed by atoms with Crippen LogP contribution in [0, 0.1) is 6.92 Å². The minimum absolute atomic E-state index is 0.385. The Morgan fingerprint density at radius 2 is 1.10 bits per heavy atom. The number of fused-ring (bicyclic) bond motifs is 11. The fraction of sp³-hybridized carbons (Fsp3) is 0.0435. The third-order valence-corrected chi connectivity index (χ3v) is 10.6. The molecule has 1 aromatic heterocycles. The quantitative estimate of drug-likeness (QED) is 0.191. The summed E-state index contributed by atoms with van der Waals surface area (Å²) in [6, 6.07) is 56.6.